The van der Waals surface area contributed by atoms with Crippen LogP contribution in [0.25, 0.3) is 6.08 Å². The lowest BCUT2D eigenvalue weighted by Gasteiger charge is -2.33. The number of carbonyl (C=O) groups is 1. The monoisotopic (exact) mass is 464 g/mol. The molecule has 0 aliphatic carbocycles. The maximum atomic E-state index is 12.9. The standard InChI is InChI=1S/C18H16ClF3N2O3S2/c19-15-5-3-13(18(20,21)22)12-16(15)29(26,27)24-9-7-23(8-10-24)17(25)6-4-14-2-1-11-28-14/h1-6,11-12H,7-10H2. The second-order valence-corrected chi connectivity index (χ2v) is 9.51. The minimum atomic E-state index is -4.69. The Bertz CT molecular complexity index is 1010. The van der Waals surface area contributed by atoms with Crippen molar-refractivity contribution in [2.24, 2.45) is 0 Å². The predicted molar refractivity (Wildman–Crippen MR) is 105 cm³/mol. The highest BCUT2D eigenvalue weighted by atomic mass is 35.5. The molecule has 11 heteroatoms. The molecule has 2 aromatic rings. The van der Waals surface area contributed by atoms with Gasteiger partial charge in [-0.1, -0.05) is 17.7 Å². The normalized spacial score (nSPS) is 16.5. The first-order chi connectivity index (χ1) is 13.6. The van der Waals surface area contributed by atoms with Gasteiger partial charge in [-0.2, -0.15) is 17.5 Å². The zero-order chi connectivity index (χ0) is 21.2. The van der Waals surface area contributed by atoms with Crippen LogP contribution in [0.1, 0.15) is 10.4 Å². The number of hydrogen-bond acceptors (Lipinski definition) is 4. The summed E-state index contributed by atoms with van der Waals surface area (Å²) < 4.78 is 65.5. The lowest BCUT2D eigenvalue weighted by molar-refractivity contribution is -0.137. The molecule has 1 amide bonds. The molecule has 0 radical (unpaired) electrons. The third-order valence-corrected chi connectivity index (χ3v) is 7.58. The van der Waals surface area contributed by atoms with Gasteiger partial charge in [-0.25, -0.2) is 8.42 Å². The van der Waals surface area contributed by atoms with Crippen LogP contribution in [0, 0.1) is 0 Å². The lowest BCUT2D eigenvalue weighted by atomic mass is 10.2. The van der Waals surface area contributed by atoms with Gasteiger partial charge in [0.25, 0.3) is 0 Å². The quantitative estimate of drug-likeness (QED) is 0.643. The number of sulfonamides is 1. The highest BCUT2D eigenvalue weighted by Gasteiger charge is 2.35. The van der Waals surface area contributed by atoms with Crippen molar-refractivity contribution in [3.05, 3.63) is 57.3 Å². The van der Waals surface area contributed by atoms with E-state index in [9.17, 15) is 26.4 Å². The molecule has 0 N–H and O–H groups in total. The second kappa shape index (κ2) is 8.47. The topological polar surface area (TPSA) is 57.7 Å². The first-order valence-corrected chi connectivity index (χ1v) is 11.2. The molecule has 3 rings (SSSR count). The van der Waals surface area contributed by atoms with Gasteiger partial charge in [-0.15, -0.1) is 11.3 Å². The van der Waals surface area contributed by atoms with Crippen molar-refractivity contribution in [1.29, 1.82) is 0 Å². The van der Waals surface area contributed by atoms with Gasteiger partial charge < -0.3 is 4.90 Å². The Kier molecular flexibility index (Phi) is 6.37. The van der Waals surface area contributed by atoms with E-state index in [4.69, 9.17) is 11.6 Å². The number of alkyl halides is 3. The molecule has 5 nitrogen and oxygen atoms in total. The van der Waals surface area contributed by atoms with E-state index < -0.39 is 26.7 Å². The van der Waals surface area contributed by atoms with Crippen LogP contribution in [0.5, 0.6) is 0 Å². The molecule has 1 fully saturated rings. The van der Waals surface area contributed by atoms with E-state index in [0.717, 1.165) is 21.3 Å². The zero-order valence-corrected chi connectivity index (χ0v) is 17.3. The SMILES string of the molecule is O=C(C=Cc1cccs1)N1CCN(S(=O)(=O)c2cc(C(F)(F)F)ccc2Cl)CC1. The number of carbonyl (C=O) groups excluding carboxylic acids is 1. The minimum absolute atomic E-state index is 0.0342. The number of benzene rings is 1. The average molecular weight is 465 g/mol. The first kappa shape index (κ1) is 21.8. The molecule has 0 bridgehead atoms. The largest absolute Gasteiger partial charge is 0.416 e. The van der Waals surface area contributed by atoms with Gasteiger partial charge in [0.05, 0.1) is 10.6 Å². The van der Waals surface area contributed by atoms with Crippen molar-refractivity contribution < 1.29 is 26.4 Å². The van der Waals surface area contributed by atoms with Crippen LogP contribution < -0.4 is 0 Å². The van der Waals surface area contributed by atoms with Gasteiger partial charge in [0, 0.05) is 37.1 Å². The molecule has 0 unspecified atom stereocenters. The fraction of sp³-hybridized carbons (Fsp3) is 0.278. The summed E-state index contributed by atoms with van der Waals surface area (Å²) in [6.07, 6.45) is -1.59. The highest BCUT2D eigenvalue weighted by Crippen LogP contribution is 2.34. The third kappa shape index (κ3) is 5.00. The van der Waals surface area contributed by atoms with Crippen LogP contribution in [-0.2, 0) is 21.0 Å². The number of rotatable bonds is 4. The summed E-state index contributed by atoms with van der Waals surface area (Å²) in [5.74, 6) is -0.257. The summed E-state index contributed by atoms with van der Waals surface area (Å²) in [5.41, 5.74) is -1.09. The summed E-state index contributed by atoms with van der Waals surface area (Å²) in [4.78, 5) is 14.1. The van der Waals surface area contributed by atoms with Crippen molar-refractivity contribution in [2.45, 2.75) is 11.1 Å². The molecule has 1 aliphatic heterocycles. The van der Waals surface area contributed by atoms with Crippen molar-refractivity contribution >= 4 is 44.9 Å². The Balaban J connectivity index is 1.71. The molecule has 2 heterocycles. The van der Waals surface area contributed by atoms with E-state index >= 15 is 0 Å². The molecule has 0 atom stereocenters. The van der Waals surface area contributed by atoms with E-state index in [-0.39, 0.29) is 37.1 Å². The summed E-state index contributed by atoms with van der Waals surface area (Å²) in [5, 5.41) is 1.60. The number of thiophene rings is 1. The van der Waals surface area contributed by atoms with Gasteiger partial charge in [-0.3, -0.25) is 4.79 Å². The Morgan fingerprint density at radius 3 is 2.41 bits per heavy atom. The number of hydrogen-bond donors (Lipinski definition) is 0. The van der Waals surface area contributed by atoms with Gasteiger partial charge in [0.2, 0.25) is 15.9 Å². The molecule has 0 spiro atoms. The van der Waals surface area contributed by atoms with E-state index in [1.54, 1.807) is 6.08 Å². The van der Waals surface area contributed by atoms with Crippen LogP contribution in [0.3, 0.4) is 0 Å². The van der Waals surface area contributed by atoms with E-state index in [2.05, 4.69) is 0 Å². The fourth-order valence-electron chi connectivity index (χ4n) is 2.81. The predicted octanol–water partition coefficient (Wildman–Crippen LogP) is 3.97. The summed E-state index contributed by atoms with van der Waals surface area (Å²) in [6, 6.07) is 5.92. The van der Waals surface area contributed by atoms with Crippen LogP contribution in [0.2, 0.25) is 5.02 Å². The van der Waals surface area contributed by atoms with E-state index in [1.165, 1.54) is 22.3 Å². The Labute approximate surface area is 175 Å². The Hall–Kier alpha value is -1.88. The van der Waals surface area contributed by atoms with Crippen molar-refractivity contribution in [1.82, 2.24) is 9.21 Å². The zero-order valence-electron chi connectivity index (χ0n) is 14.9. The molecule has 29 heavy (non-hydrogen) atoms. The first-order valence-electron chi connectivity index (χ1n) is 8.46. The Morgan fingerprint density at radius 1 is 1.14 bits per heavy atom. The van der Waals surface area contributed by atoms with Gasteiger partial charge in [0.15, 0.2) is 0 Å². The smallest absolute Gasteiger partial charge is 0.337 e. The summed E-state index contributed by atoms with van der Waals surface area (Å²) in [7, 11) is -4.23. The van der Waals surface area contributed by atoms with E-state index in [1.807, 2.05) is 17.5 Å². The summed E-state index contributed by atoms with van der Waals surface area (Å²) in [6.45, 7) is 0.188. The number of nitrogens with zero attached hydrogens (tertiary/aromatic N) is 2. The minimum Gasteiger partial charge on any atom is -0.337 e. The number of piperazine rings is 1. The molecule has 1 saturated heterocycles. The highest BCUT2D eigenvalue weighted by molar-refractivity contribution is 7.89. The van der Waals surface area contributed by atoms with Crippen LogP contribution >= 0.6 is 22.9 Å². The molecule has 1 aromatic carbocycles. The van der Waals surface area contributed by atoms with Crippen molar-refractivity contribution in [2.75, 3.05) is 26.2 Å². The molecule has 156 valence electrons. The third-order valence-electron chi connectivity index (χ3n) is 4.36. The van der Waals surface area contributed by atoms with Gasteiger partial charge in [0.1, 0.15) is 4.90 Å². The van der Waals surface area contributed by atoms with Gasteiger partial charge in [-0.05, 0) is 35.7 Å². The second-order valence-electron chi connectivity index (χ2n) is 6.22. The fourth-order valence-corrected chi connectivity index (χ4v) is 5.35. The maximum absolute atomic E-state index is 12.9. The molecular weight excluding hydrogens is 449 g/mol. The number of amides is 1. The van der Waals surface area contributed by atoms with Crippen LogP contribution in [-0.4, -0.2) is 49.7 Å². The van der Waals surface area contributed by atoms with E-state index in [0.29, 0.717) is 6.07 Å². The summed E-state index contributed by atoms with van der Waals surface area (Å²) >= 11 is 7.35. The molecule has 1 aromatic heterocycles. The number of halogens is 4. The lowest BCUT2D eigenvalue weighted by Crippen LogP contribution is -2.50. The molecular formula is C18H16ClF3N2O3S2. The van der Waals surface area contributed by atoms with Gasteiger partial charge >= 0.3 is 6.18 Å². The van der Waals surface area contributed by atoms with Crippen LogP contribution in [0.15, 0.2) is 46.7 Å². The maximum Gasteiger partial charge on any atom is 0.416 e. The average Bonchev–Trinajstić information content (AvgIpc) is 3.19. The molecule has 1 aliphatic rings. The van der Waals surface area contributed by atoms with Crippen molar-refractivity contribution in [3.63, 3.8) is 0 Å². The van der Waals surface area contributed by atoms with Crippen molar-refractivity contribution in [3.8, 4) is 0 Å². The molecule has 0 saturated carbocycles. The Morgan fingerprint density at radius 2 is 1.83 bits per heavy atom. The van der Waals surface area contributed by atoms with Crippen LogP contribution in [0.4, 0.5) is 13.2 Å².